The lowest BCUT2D eigenvalue weighted by molar-refractivity contribution is -0.191. The Balaban J connectivity index is 1.47. The van der Waals surface area contributed by atoms with Gasteiger partial charge in [-0.3, -0.25) is 4.79 Å². The predicted octanol–water partition coefficient (Wildman–Crippen LogP) is 3.40. The summed E-state index contributed by atoms with van der Waals surface area (Å²) in [6, 6.07) is 7.95. The molecule has 4 heteroatoms. The molecule has 22 heavy (non-hydrogen) atoms. The van der Waals surface area contributed by atoms with Crippen molar-refractivity contribution in [3.63, 3.8) is 0 Å². The molecule has 0 saturated carbocycles. The van der Waals surface area contributed by atoms with E-state index in [-0.39, 0.29) is 18.2 Å². The molecule has 1 aromatic carbocycles. The highest BCUT2D eigenvalue weighted by molar-refractivity contribution is 5.96. The van der Waals surface area contributed by atoms with Gasteiger partial charge in [0.05, 0.1) is 6.10 Å². The molecule has 3 rings (SSSR count). The first kappa shape index (κ1) is 15.5. The van der Waals surface area contributed by atoms with E-state index in [4.69, 9.17) is 9.47 Å². The fraction of sp³-hybridized carbons (Fsp3) is 0.611. The number of nitrogens with zero attached hydrogens (tertiary/aromatic N) is 1. The van der Waals surface area contributed by atoms with Crippen LogP contribution >= 0.6 is 0 Å². The molecule has 1 aromatic rings. The summed E-state index contributed by atoms with van der Waals surface area (Å²) in [6.07, 6.45) is 5.16. The maximum absolute atomic E-state index is 11.8. The van der Waals surface area contributed by atoms with E-state index in [1.165, 1.54) is 6.42 Å². The van der Waals surface area contributed by atoms with Gasteiger partial charge in [-0.1, -0.05) is 6.92 Å². The summed E-state index contributed by atoms with van der Waals surface area (Å²) in [6.45, 7) is 4.67. The molecular formula is C18H25NO3. The SMILES string of the molecule is CCCC(=O)c1ccc(N2CC(OC3CCCCO3)C2)cc1. The fourth-order valence-corrected chi connectivity index (χ4v) is 3.00. The van der Waals surface area contributed by atoms with Crippen LogP contribution in [0.1, 0.15) is 49.4 Å². The number of hydrogen-bond donors (Lipinski definition) is 0. The molecule has 2 heterocycles. The van der Waals surface area contributed by atoms with Gasteiger partial charge < -0.3 is 14.4 Å². The molecule has 0 aromatic heterocycles. The molecule has 0 N–H and O–H groups in total. The van der Waals surface area contributed by atoms with Crippen molar-refractivity contribution in [3.05, 3.63) is 29.8 Å². The Bertz CT molecular complexity index is 488. The van der Waals surface area contributed by atoms with Crippen LogP contribution in [0.25, 0.3) is 0 Å². The van der Waals surface area contributed by atoms with Crippen LogP contribution in [0.5, 0.6) is 0 Å². The Morgan fingerprint density at radius 1 is 1.27 bits per heavy atom. The van der Waals surface area contributed by atoms with Crippen molar-refractivity contribution >= 4 is 11.5 Å². The van der Waals surface area contributed by atoms with E-state index < -0.39 is 0 Å². The standard InChI is InChI=1S/C18H25NO3/c1-2-5-17(20)14-7-9-15(10-8-14)19-12-16(13-19)22-18-6-3-4-11-21-18/h7-10,16,18H,2-6,11-13H2,1H3. The van der Waals surface area contributed by atoms with Crippen molar-refractivity contribution in [2.45, 2.75) is 51.4 Å². The number of anilines is 1. The van der Waals surface area contributed by atoms with Crippen molar-refractivity contribution in [2.75, 3.05) is 24.6 Å². The number of rotatable bonds is 6. The van der Waals surface area contributed by atoms with E-state index in [1.54, 1.807) is 0 Å². The maximum atomic E-state index is 11.8. The quantitative estimate of drug-likeness (QED) is 0.755. The number of carbonyl (C=O) groups excluding carboxylic acids is 1. The van der Waals surface area contributed by atoms with Crippen molar-refractivity contribution in [1.82, 2.24) is 0 Å². The Labute approximate surface area is 132 Å². The molecule has 2 saturated heterocycles. The summed E-state index contributed by atoms with van der Waals surface area (Å²) in [5, 5.41) is 0. The minimum atomic E-state index is -0.00468. The molecule has 120 valence electrons. The zero-order chi connectivity index (χ0) is 15.4. The lowest BCUT2D eigenvalue weighted by Crippen LogP contribution is -2.54. The summed E-state index contributed by atoms with van der Waals surface area (Å²) in [5.41, 5.74) is 1.98. The van der Waals surface area contributed by atoms with Gasteiger partial charge in [-0.05, 0) is 49.9 Å². The van der Waals surface area contributed by atoms with Crippen LogP contribution in [0.15, 0.2) is 24.3 Å². The van der Waals surface area contributed by atoms with E-state index in [0.717, 1.165) is 50.2 Å². The number of ketones is 1. The average molecular weight is 303 g/mol. The van der Waals surface area contributed by atoms with E-state index in [9.17, 15) is 4.79 Å². The summed E-state index contributed by atoms with van der Waals surface area (Å²) >= 11 is 0. The predicted molar refractivity (Wildman–Crippen MR) is 86.4 cm³/mol. The molecular weight excluding hydrogens is 278 g/mol. The first-order chi connectivity index (χ1) is 10.8. The van der Waals surface area contributed by atoms with Crippen LogP contribution in [0.4, 0.5) is 5.69 Å². The molecule has 2 aliphatic rings. The van der Waals surface area contributed by atoms with Crippen molar-refractivity contribution in [1.29, 1.82) is 0 Å². The van der Waals surface area contributed by atoms with Crippen LogP contribution in [0, 0.1) is 0 Å². The number of ether oxygens (including phenoxy) is 2. The third kappa shape index (κ3) is 3.68. The van der Waals surface area contributed by atoms with Crippen LogP contribution in [0.3, 0.4) is 0 Å². The number of hydrogen-bond acceptors (Lipinski definition) is 4. The summed E-state index contributed by atoms with van der Waals surface area (Å²) in [7, 11) is 0. The zero-order valence-electron chi connectivity index (χ0n) is 13.3. The summed E-state index contributed by atoms with van der Waals surface area (Å²) in [4.78, 5) is 14.1. The minimum Gasteiger partial charge on any atom is -0.366 e. The zero-order valence-corrected chi connectivity index (χ0v) is 13.3. The highest BCUT2D eigenvalue weighted by atomic mass is 16.7. The highest BCUT2D eigenvalue weighted by Gasteiger charge is 2.30. The lowest BCUT2D eigenvalue weighted by atomic mass is 10.0. The molecule has 1 atom stereocenters. The molecule has 0 bridgehead atoms. The van der Waals surface area contributed by atoms with Gasteiger partial charge in [0.25, 0.3) is 0 Å². The van der Waals surface area contributed by atoms with Crippen molar-refractivity contribution < 1.29 is 14.3 Å². The van der Waals surface area contributed by atoms with Crippen LogP contribution in [0.2, 0.25) is 0 Å². The molecule has 4 nitrogen and oxygen atoms in total. The first-order valence-corrected chi connectivity index (χ1v) is 8.41. The van der Waals surface area contributed by atoms with E-state index in [1.807, 2.05) is 31.2 Å². The van der Waals surface area contributed by atoms with Gasteiger partial charge in [0.1, 0.15) is 0 Å². The van der Waals surface area contributed by atoms with Crippen LogP contribution in [-0.2, 0) is 9.47 Å². The van der Waals surface area contributed by atoms with Gasteiger partial charge in [0.15, 0.2) is 12.1 Å². The monoisotopic (exact) mass is 303 g/mol. The third-order valence-electron chi connectivity index (χ3n) is 4.36. The molecule has 1 unspecified atom stereocenters. The van der Waals surface area contributed by atoms with Gasteiger partial charge >= 0.3 is 0 Å². The topological polar surface area (TPSA) is 38.8 Å². The Morgan fingerprint density at radius 2 is 2.05 bits per heavy atom. The van der Waals surface area contributed by atoms with Crippen LogP contribution in [-0.4, -0.2) is 37.9 Å². The van der Waals surface area contributed by atoms with E-state index >= 15 is 0 Å². The van der Waals surface area contributed by atoms with Gasteiger partial charge in [-0.2, -0.15) is 0 Å². The number of Topliss-reactive ketones (excluding diaryl/α,β-unsaturated/α-hetero) is 1. The van der Waals surface area contributed by atoms with E-state index in [2.05, 4.69) is 4.90 Å². The Morgan fingerprint density at radius 3 is 2.68 bits per heavy atom. The van der Waals surface area contributed by atoms with Gasteiger partial charge in [-0.15, -0.1) is 0 Å². The van der Waals surface area contributed by atoms with Crippen molar-refractivity contribution in [2.24, 2.45) is 0 Å². The van der Waals surface area contributed by atoms with Gasteiger partial charge in [0.2, 0.25) is 0 Å². The molecule has 2 fully saturated rings. The van der Waals surface area contributed by atoms with E-state index in [0.29, 0.717) is 6.42 Å². The van der Waals surface area contributed by atoms with Crippen LogP contribution < -0.4 is 4.90 Å². The summed E-state index contributed by atoms with van der Waals surface area (Å²) in [5.74, 6) is 0.230. The second-order valence-corrected chi connectivity index (χ2v) is 6.18. The Hall–Kier alpha value is -1.39. The molecule has 0 radical (unpaired) electrons. The lowest BCUT2D eigenvalue weighted by Gasteiger charge is -2.42. The number of benzene rings is 1. The minimum absolute atomic E-state index is 0.00468. The maximum Gasteiger partial charge on any atom is 0.162 e. The van der Waals surface area contributed by atoms with Crippen molar-refractivity contribution in [3.8, 4) is 0 Å². The normalized spacial score (nSPS) is 22.4. The summed E-state index contributed by atoms with van der Waals surface area (Å²) < 4.78 is 11.6. The first-order valence-electron chi connectivity index (χ1n) is 8.41. The van der Waals surface area contributed by atoms with Gasteiger partial charge in [-0.25, -0.2) is 0 Å². The highest BCUT2D eigenvalue weighted by Crippen LogP contribution is 2.25. The Kier molecular flexibility index (Phi) is 5.11. The second-order valence-electron chi connectivity index (χ2n) is 6.18. The second kappa shape index (κ2) is 7.25. The molecule has 0 aliphatic carbocycles. The molecule has 0 spiro atoms. The fourth-order valence-electron chi connectivity index (χ4n) is 3.00. The largest absolute Gasteiger partial charge is 0.366 e. The molecule has 0 amide bonds. The average Bonchev–Trinajstić information content (AvgIpc) is 2.52. The van der Waals surface area contributed by atoms with Gasteiger partial charge in [0, 0.05) is 37.4 Å². The number of carbonyl (C=O) groups is 1. The molecule has 2 aliphatic heterocycles. The smallest absolute Gasteiger partial charge is 0.162 e. The third-order valence-corrected chi connectivity index (χ3v) is 4.36.